The summed E-state index contributed by atoms with van der Waals surface area (Å²) in [6, 6.07) is 11.4. The van der Waals surface area contributed by atoms with Crippen LogP contribution < -0.4 is 10.9 Å². The van der Waals surface area contributed by atoms with Crippen molar-refractivity contribution in [2.75, 3.05) is 0 Å². The molecule has 1 saturated carbocycles. The number of pyridine rings is 1. The van der Waals surface area contributed by atoms with E-state index in [-0.39, 0.29) is 24.6 Å². The maximum atomic E-state index is 12.5. The summed E-state index contributed by atoms with van der Waals surface area (Å²) in [4.78, 5) is 24.7. The van der Waals surface area contributed by atoms with Gasteiger partial charge in [-0.15, -0.1) is 0 Å². The van der Waals surface area contributed by atoms with Gasteiger partial charge in [-0.3, -0.25) is 9.59 Å². The molecule has 8 heteroatoms. The standard InChI is InChI=1S/C22H25F3N2O3/c23-22(24,25)12-4-13-27-14-11-18(19(28)21(27)30)20(29)26-17-9-7-16(8-10-17)15-5-2-1-3-6-15/h1-3,5-6,11,14,16-17,28H,4,7-10,12-13H2,(H,26,29)/t16-,17+. The molecular weight excluding hydrogens is 397 g/mol. The topological polar surface area (TPSA) is 71.3 Å². The Morgan fingerprint density at radius 2 is 1.77 bits per heavy atom. The first-order chi connectivity index (χ1) is 14.2. The fourth-order valence-electron chi connectivity index (χ4n) is 3.93. The summed E-state index contributed by atoms with van der Waals surface area (Å²) in [5.41, 5.74) is 0.268. The van der Waals surface area contributed by atoms with Gasteiger partial charge >= 0.3 is 6.18 Å². The number of benzene rings is 1. The van der Waals surface area contributed by atoms with Gasteiger partial charge < -0.3 is 15.0 Å². The van der Waals surface area contributed by atoms with Gasteiger partial charge in [-0.2, -0.15) is 13.2 Å². The van der Waals surface area contributed by atoms with E-state index in [1.54, 1.807) is 0 Å². The number of hydrogen-bond donors (Lipinski definition) is 2. The van der Waals surface area contributed by atoms with E-state index < -0.39 is 29.8 Å². The molecule has 1 amide bonds. The molecule has 1 aliphatic rings. The van der Waals surface area contributed by atoms with E-state index >= 15 is 0 Å². The molecule has 0 radical (unpaired) electrons. The zero-order valence-corrected chi connectivity index (χ0v) is 16.5. The minimum atomic E-state index is -4.30. The second kappa shape index (κ2) is 9.36. The number of halogens is 3. The Morgan fingerprint density at radius 3 is 2.40 bits per heavy atom. The summed E-state index contributed by atoms with van der Waals surface area (Å²) in [5.74, 6) is -0.830. The van der Waals surface area contributed by atoms with Crippen molar-refractivity contribution >= 4 is 5.91 Å². The third-order valence-electron chi connectivity index (χ3n) is 5.58. The van der Waals surface area contributed by atoms with E-state index in [1.165, 1.54) is 17.8 Å². The van der Waals surface area contributed by atoms with Crippen LogP contribution in [-0.2, 0) is 6.54 Å². The maximum Gasteiger partial charge on any atom is 0.389 e. The van der Waals surface area contributed by atoms with Crippen LogP contribution in [0.3, 0.4) is 0 Å². The zero-order valence-electron chi connectivity index (χ0n) is 16.5. The Labute approximate surface area is 172 Å². The fourth-order valence-corrected chi connectivity index (χ4v) is 3.93. The second-order valence-electron chi connectivity index (χ2n) is 7.73. The minimum absolute atomic E-state index is 0.0499. The van der Waals surface area contributed by atoms with Crippen LogP contribution >= 0.6 is 0 Å². The molecule has 0 aliphatic heterocycles. The minimum Gasteiger partial charge on any atom is -0.502 e. The molecule has 30 heavy (non-hydrogen) atoms. The van der Waals surface area contributed by atoms with Crippen LogP contribution in [0.15, 0.2) is 47.4 Å². The third kappa shape index (κ3) is 5.64. The average molecular weight is 422 g/mol. The summed E-state index contributed by atoms with van der Waals surface area (Å²) in [6.07, 6.45) is -0.900. The molecule has 0 saturated heterocycles. The molecule has 0 unspecified atom stereocenters. The van der Waals surface area contributed by atoms with Crippen LogP contribution in [0.5, 0.6) is 5.75 Å². The van der Waals surface area contributed by atoms with E-state index in [0.717, 1.165) is 30.3 Å². The number of rotatable bonds is 6. The number of aryl methyl sites for hydroxylation is 1. The quantitative estimate of drug-likeness (QED) is 0.727. The van der Waals surface area contributed by atoms with Gasteiger partial charge in [0.1, 0.15) is 0 Å². The van der Waals surface area contributed by atoms with Gasteiger partial charge in [-0.25, -0.2) is 0 Å². The molecule has 0 atom stereocenters. The molecule has 0 bridgehead atoms. The molecule has 162 valence electrons. The number of hydrogen-bond acceptors (Lipinski definition) is 3. The normalized spacial score (nSPS) is 19.4. The fraction of sp³-hybridized carbons (Fsp3) is 0.455. The van der Waals surface area contributed by atoms with Crippen LogP contribution in [0.2, 0.25) is 0 Å². The summed E-state index contributed by atoms with van der Waals surface area (Å²) in [6.45, 7) is -0.183. The van der Waals surface area contributed by atoms with Crippen molar-refractivity contribution in [3.8, 4) is 5.75 Å². The molecule has 1 aliphatic carbocycles. The average Bonchev–Trinajstić information content (AvgIpc) is 2.71. The first-order valence-corrected chi connectivity index (χ1v) is 10.1. The molecule has 1 aromatic carbocycles. The van der Waals surface area contributed by atoms with E-state index in [9.17, 15) is 27.9 Å². The highest BCUT2D eigenvalue weighted by molar-refractivity contribution is 5.96. The lowest BCUT2D eigenvalue weighted by molar-refractivity contribution is -0.135. The highest BCUT2D eigenvalue weighted by atomic mass is 19.4. The number of carbonyl (C=O) groups is 1. The molecule has 3 rings (SSSR count). The molecule has 1 heterocycles. The van der Waals surface area contributed by atoms with Crippen LogP contribution in [0.25, 0.3) is 0 Å². The Hall–Kier alpha value is -2.77. The number of nitrogens with zero attached hydrogens (tertiary/aromatic N) is 1. The first kappa shape index (κ1) is 21.9. The Balaban J connectivity index is 1.57. The molecule has 1 aromatic heterocycles. The van der Waals surface area contributed by atoms with Crippen molar-refractivity contribution in [2.24, 2.45) is 0 Å². The summed E-state index contributed by atoms with van der Waals surface area (Å²) in [7, 11) is 0. The lowest BCUT2D eigenvalue weighted by Gasteiger charge is -2.29. The lowest BCUT2D eigenvalue weighted by atomic mass is 9.82. The van der Waals surface area contributed by atoms with E-state index in [4.69, 9.17) is 0 Å². The monoisotopic (exact) mass is 422 g/mol. The summed E-state index contributed by atoms with van der Waals surface area (Å²) in [5, 5.41) is 13.0. The van der Waals surface area contributed by atoms with Gasteiger partial charge in [-0.1, -0.05) is 30.3 Å². The number of alkyl halides is 3. The SMILES string of the molecule is O=C(N[C@H]1CC[C@@H](c2ccccc2)CC1)c1ccn(CCCC(F)(F)F)c(=O)c1O. The third-order valence-corrected chi connectivity index (χ3v) is 5.58. The number of aromatic nitrogens is 1. The van der Waals surface area contributed by atoms with Crippen molar-refractivity contribution in [1.29, 1.82) is 0 Å². The summed E-state index contributed by atoms with van der Waals surface area (Å²) < 4.78 is 37.8. The van der Waals surface area contributed by atoms with E-state index in [0.29, 0.717) is 5.92 Å². The number of amides is 1. The Kier molecular flexibility index (Phi) is 6.84. The van der Waals surface area contributed by atoms with Crippen LogP contribution in [0, 0.1) is 0 Å². The van der Waals surface area contributed by atoms with Gasteiger partial charge in [0.15, 0.2) is 5.75 Å². The van der Waals surface area contributed by atoms with E-state index in [2.05, 4.69) is 17.4 Å². The van der Waals surface area contributed by atoms with Crippen molar-refractivity contribution in [3.63, 3.8) is 0 Å². The predicted molar refractivity (Wildman–Crippen MR) is 107 cm³/mol. The largest absolute Gasteiger partial charge is 0.502 e. The first-order valence-electron chi connectivity index (χ1n) is 10.1. The highest BCUT2D eigenvalue weighted by Crippen LogP contribution is 2.32. The maximum absolute atomic E-state index is 12.5. The van der Waals surface area contributed by atoms with Crippen LogP contribution in [0.1, 0.15) is 60.4 Å². The van der Waals surface area contributed by atoms with Gasteiger partial charge in [0.2, 0.25) is 0 Å². The van der Waals surface area contributed by atoms with Crippen molar-refractivity contribution < 1.29 is 23.1 Å². The number of aromatic hydroxyl groups is 1. The Morgan fingerprint density at radius 1 is 1.10 bits per heavy atom. The number of carbonyl (C=O) groups excluding carboxylic acids is 1. The Bertz CT molecular complexity index is 917. The van der Waals surface area contributed by atoms with Gasteiger partial charge in [-0.05, 0) is 49.7 Å². The van der Waals surface area contributed by atoms with Crippen molar-refractivity contribution in [2.45, 2.75) is 63.2 Å². The van der Waals surface area contributed by atoms with Gasteiger partial charge in [0.05, 0.1) is 5.56 Å². The van der Waals surface area contributed by atoms with Crippen LogP contribution in [-0.4, -0.2) is 27.8 Å². The zero-order chi connectivity index (χ0) is 21.7. The lowest BCUT2D eigenvalue weighted by Crippen LogP contribution is -2.38. The molecule has 1 fully saturated rings. The number of nitrogens with one attached hydrogen (secondary N) is 1. The van der Waals surface area contributed by atoms with Crippen molar-refractivity contribution in [3.05, 3.63) is 64.1 Å². The predicted octanol–water partition coefficient (Wildman–Crippen LogP) is 4.35. The second-order valence-corrected chi connectivity index (χ2v) is 7.73. The highest BCUT2D eigenvalue weighted by Gasteiger charge is 2.27. The smallest absolute Gasteiger partial charge is 0.389 e. The molecule has 0 spiro atoms. The molecule has 2 N–H and O–H groups in total. The van der Waals surface area contributed by atoms with Gasteiger partial charge in [0.25, 0.3) is 11.5 Å². The van der Waals surface area contributed by atoms with E-state index in [1.807, 2.05) is 18.2 Å². The summed E-state index contributed by atoms with van der Waals surface area (Å²) >= 11 is 0. The van der Waals surface area contributed by atoms with Crippen LogP contribution in [0.4, 0.5) is 13.2 Å². The van der Waals surface area contributed by atoms with Crippen molar-refractivity contribution in [1.82, 2.24) is 9.88 Å². The van der Waals surface area contributed by atoms with Gasteiger partial charge in [0, 0.05) is 25.2 Å². The molecular formula is C22H25F3N2O3. The molecule has 2 aromatic rings. The molecule has 5 nitrogen and oxygen atoms in total.